The molecule has 0 fully saturated rings. The first-order valence-electron chi connectivity index (χ1n) is 7.26. The molecule has 160 valence electrons. The monoisotopic (exact) mass is 655 g/mol. The van der Waals surface area contributed by atoms with E-state index in [-0.39, 0.29) is 59.3 Å². The fourth-order valence-corrected chi connectivity index (χ4v) is 2.35. The number of hydrogen-bond acceptors (Lipinski definition) is 7. The molecule has 12 heteroatoms. The van der Waals surface area contributed by atoms with Gasteiger partial charge in [0.2, 0.25) is 0 Å². The quantitative estimate of drug-likeness (QED) is 0.155. The van der Waals surface area contributed by atoms with Crippen LogP contribution >= 0.6 is 64.8 Å². The molecule has 0 aromatic heterocycles. The number of unbranched alkanes of at least 4 members (excludes halogenated alkanes) is 1. The Morgan fingerprint density at radius 2 is 1.52 bits per heavy atom. The Morgan fingerprint density at radius 1 is 1.15 bits per heavy atom. The van der Waals surface area contributed by atoms with Crippen molar-refractivity contribution < 1.29 is 39.8 Å². The molecule has 7 nitrogen and oxygen atoms in total. The van der Waals surface area contributed by atoms with E-state index >= 15 is 0 Å². The van der Waals surface area contributed by atoms with Crippen LogP contribution in [0.4, 0.5) is 0 Å². The van der Waals surface area contributed by atoms with Gasteiger partial charge in [-0.05, 0) is 26.2 Å². The van der Waals surface area contributed by atoms with Crippen LogP contribution in [0.3, 0.4) is 0 Å². The number of alkyl halides is 3. The molecule has 0 aromatic rings. The van der Waals surface area contributed by atoms with Crippen LogP contribution in [-0.2, 0) is 0 Å². The molecule has 0 unspecified atom stereocenters. The average Bonchev–Trinajstić information content (AvgIpc) is 3.10. The van der Waals surface area contributed by atoms with Crippen LogP contribution in [0, 0.1) is 23.2 Å². The average molecular weight is 659 g/mol. The van der Waals surface area contributed by atoms with Crippen molar-refractivity contribution in [2.75, 3.05) is 36.3 Å². The number of halogens is 4. The zero-order valence-electron chi connectivity index (χ0n) is 16.6. The van der Waals surface area contributed by atoms with Crippen LogP contribution in [-0.4, -0.2) is 52.3 Å². The van der Waals surface area contributed by atoms with Gasteiger partial charge in [-0.25, -0.2) is 0 Å². The third-order valence-electron chi connectivity index (χ3n) is 1.60. The van der Waals surface area contributed by atoms with Crippen molar-refractivity contribution in [2.45, 2.75) is 39.0 Å². The number of hydrogen-bond donors (Lipinski definition) is 4. The molecule has 0 amide bonds. The second-order valence-corrected chi connectivity index (χ2v) is 5.85. The molecule has 7 N–H and O–H groups in total. The Bertz CT molecular complexity index is 283. The van der Waals surface area contributed by atoms with Gasteiger partial charge in [0.25, 0.3) is 0 Å². The summed E-state index contributed by atoms with van der Waals surface area (Å²) >= 11 is 9.76. The van der Waals surface area contributed by atoms with Crippen molar-refractivity contribution in [1.82, 2.24) is 6.15 Å². The molecule has 1 rings (SSSR count). The molecule has 0 aromatic carbocycles. The predicted molar refractivity (Wildman–Crippen MR) is 128 cm³/mol. The Labute approximate surface area is 223 Å². The molecule has 0 atom stereocenters. The van der Waals surface area contributed by atoms with Gasteiger partial charge in [0, 0.05) is 49.1 Å². The van der Waals surface area contributed by atoms with Gasteiger partial charge >= 0.3 is 29.6 Å². The third kappa shape index (κ3) is 99.0. The molecule has 1 aliphatic rings. The van der Waals surface area contributed by atoms with E-state index in [9.17, 15) is 0 Å². The Balaban J connectivity index is -0.0000000275. The van der Waals surface area contributed by atoms with E-state index in [4.69, 9.17) is 33.0 Å². The number of nitriles is 1. The van der Waals surface area contributed by atoms with Gasteiger partial charge in [0.15, 0.2) is 0 Å². The second kappa shape index (κ2) is 71.1. The molecular formula is C15H34Br4N5NaO2. The van der Waals surface area contributed by atoms with Crippen molar-refractivity contribution in [2.24, 2.45) is 10.7 Å². The molecular weight excluding hydrogens is 625 g/mol. The fraction of sp³-hybridized carbons (Fsp3) is 0.800. The number of amidine groups is 1. The minimum Gasteiger partial charge on any atom is -0.512 e. The molecule has 0 saturated heterocycles. The van der Waals surface area contributed by atoms with Gasteiger partial charge in [-0.2, -0.15) is 5.26 Å². The van der Waals surface area contributed by atoms with Gasteiger partial charge in [-0.1, -0.05) is 47.8 Å². The Hall–Kier alpha value is 1.25. The van der Waals surface area contributed by atoms with Crippen LogP contribution in [0.25, 0.3) is 0 Å². The van der Waals surface area contributed by atoms with Crippen molar-refractivity contribution in [1.29, 1.82) is 10.5 Å². The Kier molecular flexibility index (Phi) is 135. The molecule has 0 spiro atoms. The normalized spacial score (nSPS) is 8.81. The van der Waals surface area contributed by atoms with Crippen molar-refractivity contribution in [3.05, 3.63) is 6.57 Å². The van der Waals surface area contributed by atoms with E-state index in [1.807, 2.05) is 6.07 Å². The zero-order chi connectivity index (χ0) is 20.1. The number of nitrogens with two attached hydrogens (primary N) is 1. The van der Waals surface area contributed by atoms with Crippen molar-refractivity contribution in [3.63, 3.8) is 0 Å². The second-order valence-electron chi connectivity index (χ2n) is 3.48. The number of aliphatic imine (C=N–C) groups is 1. The molecule has 1 heterocycles. The van der Waals surface area contributed by atoms with Crippen LogP contribution in [0.1, 0.15) is 39.0 Å². The van der Waals surface area contributed by atoms with Crippen LogP contribution in [0.2, 0.25) is 0 Å². The van der Waals surface area contributed by atoms with Crippen LogP contribution in [0.5, 0.6) is 0 Å². The summed E-state index contributed by atoms with van der Waals surface area (Å²) < 4.78 is 0. The Morgan fingerprint density at radius 3 is 1.59 bits per heavy atom. The first kappa shape index (κ1) is 51.2. The molecule has 0 radical (unpaired) electrons. The van der Waals surface area contributed by atoms with E-state index in [1.54, 1.807) is 6.92 Å². The molecule has 0 aliphatic carbocycles. The van der Waals surface area contributed by atoms with Gasteiger partial charge < -0.3 is 33.9 Å². The molecule has 0 saturated carbocycles. The minimum atomic E-state index is 0. The number of nitrogens with zero attached hydrogens (tertiary/aromatic N) is 3. The summed E-state index contributed by atoms with van der Waals surface area (Å²) in [5.74, 6) is 0.829. The van der Waals surface area contributed by atoms with Gasteiger partial charge in [-0.15, -0.1) is 17.0 Å². The van der Waals surface area contributed by atoms with Gasteiger partial charge in [0.1, 0.15) is 0 Å². The SMILES string of the molecule is Br.BrCCCBr.CCO.CO.N.N#CCCCBr.NC1=NCCC1.[C-]#N.[Na+]. The summed E-state index contributed by atoms with van der Waals surface area (Å²) in [6.45, 7) is 7.63. The fourth-order valence-electron chi connectivity index (χ4n) is 0.758. The first-order valence-corrected chi connectivity index (χ1v) is 10.6. The molecule has 27 heavy (non-hydrogen) atoms. The van der Waals surface area contributed by atoms with Crippen LogP contribution < -0.4 is 41.4 Å². The molecule has 0 bridgehead atoms. The maximum absolute atomic E-state index is 7.93. The summed E-state index contributed by atoms with van der Waals surface area (Å²) in [5, 5.41) is 31.9. The van der Waals surface area contributed by atoms with E-state index in [0.717, 1.165) is 54.7 Å². The maximum Gasteiger partial charge on any atom is 1.00 e. The predicted octanol–water partition coefficient (Wildman–Crippen LogP) is 1.44. The topological polar surface area (TPSA) is 161 Å². The maximum atomic E-state index is 7.93. The third-order valence-corrected chi connectivity index (χ3v) is 3.28. The summed E-state index contributed by atoms with van der Waals surface area (Å²) in [5.41, 5.74) is 5.28. The van der Waals surface area contributed by atoms with Crippen molar-refractivity contribution >= 4 is 70.6 Å². The van der Waals surface area contributed by atoms with Gasteiger partial charge in [-0.3, -0.25) is 4.99 Å². The van der Waals surface area contributed by atoms with Crippen LogP contribution in [0.15, 0.2) is 4.99 Å². The van der Waals surface area contributed by atoms with Gasteiger partial charge in [0.05, 0.1) is 11.9 Å². The van der Waals surface area contributed by atoms with E-state index in [0.29, 0.717) is 6.42 Å². The number of aliphatic hydroxyl groups is 2. The molecule has 1 aliphatic heterocycles. The summed E-state index contributed by atoms with van der Waals surface area (Å²) in [6.07, 6.45) is 5.04. The van der Waals surface area contributed by atoms with Crippen molar-refractivity contribution in [3.8, 4) is 6.07 Å². The summed E-state index contributed by atoms with van der Waals surface area (Å²) in [7, 11) is 1.00. The first-order chi connectivity index (χ1) is 11.6. The number of rotatable bonds is 4. The zero-order valence-corrected chi connectivity index (χ0v) is 25.1. The minimum absolute atomic E-state index is 0. The van der Waals surface area contributed by atoms with E-state index in [1.165, 1.54) is 6.42 Å². The smallest absolute Gasteiger partial charge is 0.512 e. The van der Waals surface area contributed by atoms with E-state index in [2.05, 4.69) is 52.8 Å². The largest absolute Gasteiger partial charge is 1.00 e. The summed E-state index contributed by atoms with van der Waals surface area (Å²) in [4.78, 5) is 3.93. The standard InChI is InChI=1S/C4H6BrN.C4H8N2.C3H6Br2.C2H6O.CN.CH4O.BrH.H3N.Na/c5-3-1-2-4-6;5-4-2-1-3-6-4;4-2-1-3-5;1-2-3;2*1-2;;;/h1-3H2;1-3H2,(H2,5,6);1-3H2;3H,2H2,1H3;;2H,1H3;1H;1H3;/q;;;;-1;;;;+1. The number of aliphatic hydroxyl groups excluding tert-OH is 2. The summed E-state index contributed by atoms with van der Waals surface area (Å²) in [6, 6.07) is 2.04. The van der Waals surface area contributed by atoms with E-state index < -0.39 is 0 Å².